The fraction of sp³-hybridized carbons (Fsp3) is 0.684. The van der Waals surface area contributed by atoms with Crippen molar-refractivity contribution in [1.82, 2.24) is 4.90 Å². The van der Waals surface area contributed by atoms with Gasteiger partial charge in [-0.15, -0.1) is 12.4 Å². The van der Waals surface area contributed by atoms with Crippen molar-refractivity contribution in [3.8, 4) is 0 Å². The molecule has 5 heteroatoms. The summed E-state index contributed by atoms with van der Waals surface area (Å²) in [6.07, 6.45) is 5.14. The van der Waals surface area contributed by atoms with Gasteiger partial charge in [0.05, 0.1) is 5.60 Å². The zero-order valence-corrected chi connectivity index (χ0v) is 16.8. The largest absolute Gasteiger partial charge is 0.390 e. The number of piperidine rings is 2. The molecule has 1 aromatic rings. The summed E-state index contributed by atoms with van der Waals surface area (Å²) in [5.74, 6) is 0.860. The molecule has 24 heavy (non-hydrogen) atoms. The first-order chi connectivity index (χ1) is 10.9. The average molecular weight is 393 g/mol. The molecule has 0 aliphatic carbocycles. The first kappa shape index (κ1) is 20.3. The normalized spacial score (nSPS) is 31.9. The van der Waals surface area contributed by atoms with E-state index < -0.39 is 5.60 Å². The van der Waals surface area contributed by atoms with Crippen molar-refractivity contribution in [3.05, 3.63) is 33.8 Å². The number of aliphatic hydroxyl groups is 1. The van der Waals surface area contributed by atoms with Crippen molar-refractivity contribution in [3.63, 3.8) is 0 Å². The number of hydrogen-bond donors (Lipinski definition) is 1. The topological polar surface area (TPSA) is 23.5 Å². The molecule has 0 saturated carbocycles. The van der Waals surface area contributed by atoms with Crippen molar-refractivity contribution < 1.29 is 5.11 Å². The Morgan fingerprint density at radius 1 is 1.33 bits per heavy atom. The van der Waals surface area contributed by atoms with Crippen LogP contribution in [0.3, 0.4) is 0 Å². The standard InChI is InChI=1S/C19H27Cl2NO.ClH/c1-3-13(2)19(23)8-9-22-12-14(4-6-16(22)11-19)17-7-5-15(20)10-18(17)21;/h5,7,10,13-14,16,23H,3-4,6,8-9,11-12H2,1-2H3;1H/t13?,14-,16+,19-;/m0./s1. The number of fused-ring (bicyclic) bond motifs is 1. The van der Waals surface area contributed by atoms with Crippen LogP contribution in [0.25, 0.3) is 0 Å². The van der Waals surface area contributed by atoms with E-state index in [4.69, 9.17) is 23.2 Å². The quantitative estimate of drug-likeness (QED) is 0.730. The average Bonchev–Trinajstić information content (AvgIpc) is 2.53. The van der Waals surface area contributed by atoms with Crippen molar-refractivity contribution in [2.75, 3.05) is 13.1 Å². The van der Waals surface area contributed by atoms with Gasteiger partial charge in [-0.25, -0.2) is 0 Å². The van der Waals surface area contributed by atoms with Gasteiger partial charge in [0.2, 0.25) is 0 Å². The lowest BCUT2D eigenvalue weighted by atomic mass is 9.73. The van der Waals surface area contributed by atoms with Gasteiger partial charge in [0.1, 0.15) is 0 Å². The summed E-state index contributed by atoms with van der Waals surface area (Å²) in [4.78, 5) is 2.57. The van der Waals surface area contributed by atoms with Crippen molar-refractivity contribution >= 4 is 35.6 Å². The maximum absolute atomic E-state index is 11.0. The predicted molar refractivity (Wildman–Crippen MR) is 105 cm³/mol. The third-order valence-corrected chi connectivity index (χ3v) is 6.74. The highest BCUT2D eigenvalue weighted by Crippen LogP contribution is 2.42. The van der Waals surface area contributed by atoms with Crippen LogP contribution in [-0.4, -0.2) is 34.7 Å². The van der Waals surface area contributed by atoms with E-state index in [0.29, 0.717) is 22.9 Å². The Balaban J connectivity index is 0.00000208. The molecule has 2 fully saturated rings. The highest BCUT2D eigenvalue weighted by atomic mass is 35.5. The van der Waals surface area contributed by atoms with Crippen molar-refractivity contribution in [2.24, 2.45) is 5.92 Å². The van der Waals surface area contributed by atoms with Crippen LogP contribution in [0.4, 0.5) is 0 Å². The molecule has 2 aliphatic rings. The number of halogens is 3. The van der Waals surface area contributed by atoms with Crippen LogP contribution in [0.15, 0.2) is 18.2 Å². The molecular formula is C19H28Cl3NO. The molecule has 0 spiro atoms. The summed E-state index contributed by atoms with van der Waals surface area (Å²) in [7, 11) is 0. The smallest absolute Gasteiger partial charge is 0.0700 e. The second kappa shape index (κ2) is 8.14. The van der Waals surface area contributed by atoms with Crippen LogP contribution in [0.5, 0.6) is 0 Å². The molecule has 2 aliphatic heterocycles. The Bertz CT molecular complexity index is 568. The van der Waals surface area contributed by atoms with Gasteiger partial charge in [0.25, 0.3) is 0 Å². The van der Waals surface area contributed by atoms with E-state index in [1.165, 1.54) is 5.56 Å². The minimum Gasteiger partial charge on any atom is -0.390 e. The minimum atomic E-state index is -0.472. The lowest BCUT2D eigenvalue weighted by molar-refractivity contribution is -0.0922. The zero-order chi connectivity index (χ0) is 16.6. The van der Waals surface area contributed by atoms with Crippen LogP contribution in [0.2, 0.25) is 10.0 Å². The predicted octanol–water partition coefficient (Wildman–Crippen LogP) is 5.53. The second-order valence-corrected chi connectivity index (χ2v) is 8.30. The molecule has 2 heterocycles. The van der Waals surface area contributed by atoms with E-state index in [0.717, 1.165) is 50.2 Å². The van der Waals surface area contributed by atoms with Gasteiger partial charge in [0, 0.05) is 29.2 Å². The fourth-order valence-electron chi connectivity index (χ4n) is 4.37. The summed E-state index contributed by atoms with van der Waals surface area (Å²) in [6.45, 7) is 6.40. The summed E-state index contributed by atoms with van der Waals surface area (Å²) in [6, 6.07) is 6.38. The number of benzene rings is 1. The lowest BCUT2D eigenvalue weighted by Gasteiger charge is -2.50. The zero-order valence-electron chi connectivity index (χ0n) is 14.5. The lowest BCUT2D eigenvalue weighted by Crippen LogP contribution is -2.55. The van der Waals surface area contributed by atoms with E-state index in [9.17, 15) is 5.11 Å². The molecule has 0 radical (unpaired) electrons. The minimum absolute atomic E-state index is 0. The molecule has 2 nitrogen and oxygen atoms in total. The van der Waals surface area contributed by atoms with Crippen LogP contribution in [-0.2, 0) is 0 Å². The molecule has 1 N–H and O–H groups in total. The Kier molecular flexibility index (Phi) is 6.89. The first-order valence-electron chi connectivity index (χ1n) is 8.84. The molecule has 2 saturated heterocycles. The van der Waals surface area contributed by atoms with Crippen LogP contribution >= 0.6 is 35.6 Å². The number of hydrogen-bond acceptors (Lipinski definition) is 2. The summed E-state index contributed by atoms with van der Waals surface area (Å²) >= 11 is 12.4. The van der Waals surface area contributed by atoms with Crippen molar-refractivity contribution in [2.45, 2.75) is 63.5 Å². The molecule has 3 rings (SSSR count). The van der Waals surface area contributed by atoms with E-state index >= 15 is 0 Å². The fourth-order valence-corrected chi connectivity index (χ4v) is 4.93. The Hall–Kier alpha value is 0.01000. The highest BCUT2D eigenvalue weighted by molar-refractivity contribution is 6.35. The van der Waals surface area contributed by atoms with E-state index in [2.05, 4.69) is 24.8 Å². The van der Waals surface area contributed by atoms with E-state index in [1.54, 1.807) is 0 Å². The Morgan fingerprint density at radius 3 is 2.75 bits per heavy atom. The molecule has 1 unspecified atom stereocenters. The van der Waals surface area contributed by atoms with Gasteiger partial charge in [-0.05, 0) is 55.2 Å². The second-order valence-electron chi connectivity index (χ2n) is 7.46. The molecule has 0 amide bonds. The summed E-state index contributed by atoms with van der Waals surface area (Å²) < 4.78 is 0. The van der Waals surface area contributed by atoms with Crippen LogP contribution in [0.1, 0.15) is 57.4 Å². The molecular weight excluding hydrogens is 365 g/mol. The van der Waals surface area contributed by atoms with Crippen molar-refractivity contribution in [1.29, 1.82) is 0 Å². The molecule has 4 atom stereocenters. The van der Waals surface area contributed by atoms with Gasteiger partial charge >= 0.3 is 0 Å². The molecule has 1 aromatic carbocycles. The van der Waals surface area contributed by atoms with E-state index in [1.807, 2.05) is 12.1 Å². The number of rotatable bonds is 3. The van der Waals surface area contributed by atoms with Gasteiger partial charge in [0.15, 0.2) is 0 Å². The van der Waals surface area contributed by atoms with Crippen LogP contribution < -0.4 is 0 Å². The molecule has 136 valence electrons. The molecule has 0 aromatic heterocycles. The summed E-state index contributed by atoms with van der Waals surface area (Å²) in [5, 5.41) is 12.5. The molecule has 0 bridgehead atoms. The SMILES string of the molecule is CCC(C)[C@]1(O)CCN2C[C@@H](c3ccc(Cl)cc3Cl)CC[C@@H]2C1.Cl. The van der Waals surface area contributed by atoms with Crippen LogP contribution in [0, 0.1) is 5.92 Å². The first-order valence-corrected chi connectivity index (χ1v) is 9.60. The highest BCUT2D eigenvalue weighted by Gasteiger charge is 2.43. The Morgan fingerprint density at radius 2 is 2.08 bits per heavy atom. The Labute approximate surface area is 161 Å². The third kappa shape index (κ3) is 4.04. The number of nitrogens with zero attached hydrogens (tertiary/aromatic N) is 1. The van der Waals surface area contributed by atoms with Gasteiger partial charge in [-0.3, -0.25) is 4.90 Å². The van der Waals surface area contributed by atoms with Gasteiger partial charge < -0.3 is 5.11 Å². The van der Waals surface area contributed by atoms with E-state index in [-0.39, 0.29) is 12.4 Å². The monoisotopic (exact) mass is 391 g/mol. The maximum Gasteiger partial charge on any atom is 0.0700 e. The van der Waals surface area contributed by atoms with Gasteiger partial charge in [-0.1, -0.05) is 49.5 Å². The third-order valence-electron chi connectivity index (χ3n) is 6.17. The maximum atomic E-state index is 11.0. The van der Waals surface area contributed by atoms with Gasteiger partial charge in [-0.2, -0.15) is 0 Å². The summed E-state index contributed by atoms with van der Waals surface area (Å²) in [5.41, 5.74) is 0.748.